The molecule has 4 heteroatoms. The van der Waals surface area contributed by atoms with Crippen molar-refractivity contribution in [3.8, 4) is 17.0 Å². The van der Waals surface area contributed by atoms with E-state index in [0.29, 0.717) is 5.82 Å². The third-order valence-electron chi connectivity index (χ3n) is 2.70. The van der Waals surface area contributed by atoms with Crippen molar-refractivity contribution >= 4 is 5.82 Å². The van der Waals surface area contributed by atoms with Crippen molar-refractivity contribution in [2.24, 2.45) is 0 Å². The van der Waals surface area contributed by atoms with Crippen molar-refractivity contribution in [3.63, 3.8) is 0 Å². The number of benzene rings is 1. The molecule has 18 heavy (non-hydrogen) atoms. The van der Waals surface area contributed by atoms with Gasteiger partial charge in [0.2, 0.25) is 0 Å². The summed E-state index contributed by atoms with van der Waals surface area (Å²) >= 11 is 0. The molecule has 0 radical (unpaired) electrons. The van der Waals surface area contributed by atoms with Crippen LogP contribution in [-0.2, 0) is 6.54 Å². The van der Waals surface area contributed by atoms with E-state index in [-0.39, 0.29) is 6.10 Å². The Morgan fingerprint density at radius 1 is 1.39 bits per heavy atom. The molecule has 2 N–H and O–H groups in total. The van der Waals surface area contributed by atoms with Gasteiger partial charge < -0.3 is 15.0 Å². The number of imidazole rings is 1. The third-order valence-corrected chi connectivity index (χ3v) is 2.70. The van der Waals surface area contributed by atoms with Crippen LogP contribution in [0.15, 0.2) is 30.6 Å². The Morgan fingerprint density at radius 2 is 2.17 bits per heavy atom. The Hall–Kier alpha value is -1.97. The van der Waals surface area contributed by atoms with Crippen LogP contribution in [0.1, 0.15) is 20.8 Å². The van der Waals surface area contributed by atoms with Crippen molar-refractivity contribution < 1.29 is 4.74 Å². The summed E-state index contributed by atoms with van der Waals surface area (Å²) < 4.78 is 7.60. The minimum atomic E-state index is 0.158. The molecular formula is C14H19N3O. The third kappa shape index (κ3) is 2.47. The summed E-state index contributed by atoms with van der Waals surface area (Å²) in [6.07, 6.45) is 1.92. The number of ether oxygens (including phenoxy) is 1. The Kier molecular flexibility index (Phi) is 3.55. The molecular weight excluding hydrogens is 226 g/mol. The van der Waals surface area contributed by atoms with E-state index in [1.807, 2.05) is 49.6 Å². The predicted molar refractivity (Wildman–Crippen MR) is 73.5 cm³/mol. The number of hydrogen-bond donors (Lipinski definition) is 1. The Balaban J connectivity index is 2.35. The van der Waals surface area contributed by atoms with Crippen LogP contribution >= 0.6 is 0 Å². The summed E-state index contributed by atoms with van der Waals surface area (Å²) in [5, 5.41) is 0. The van der Waals surface area contributed by atoms with E-state index >= 15 is 0 Å². The van der Waals surface area contributed by atoms with E-state index in [0.717, 1.165) is 23.6 Å². The second kappa shape index (κ2) is 5.12. The van der Waals surface area contributed by atoms with Crippen LogP contribution in [-0.4, -0.2) is 15.7 Å². The lowest BCUT2D eigenvalue weighted by atomic mass is 10.1. The monoisotopic (exact) mass is 245 g/mol. The van der Waals surface area contributed by atoms with Gasteiger partial charge in [0.15, 0.2) is 0 Å². The molecule has 0 saturated heterocycles. The Morgan fingerprint density at radius 3 is 2.78 bits per heavy atom. The first kappa shape index (κ1) is 12.5. The van der Waals surface area contributed by atoms with Crippen molar-refractivity contribution in [3.05, 3.63) is 30.6 Å². The van der Waals surface area contributed by atoms with Crippen molar-refractivity contribution in [1.29, 1.82) is 0 Å². The number of hydrogen-bond acceptors (Lipinski definition) is 3. The average molecular weight is 245 g/mol. The number of nitrogens with two attached hydrogens (primary N) is 1. The zero-order valence-electron chi connectivity index (χ0n) is 11.1. The van der Waals surface area contributed by atoms with Gasteiger partial charge in [-0.25, -0.2) is 4.98 Å². The number of aromatic nitrogens is 2. The predicted octanol–water partition coefficient (Wildman–Crippen LogP) is 2.94. The standard InChI is InChI=1S/C14H19N3O/c1-4-17-9-16-13(14(17)15)11-6-5-7-12(8-11)18-10(2)3/h5-10H,4,15H2,1-3H3. The summed E-state index contributed by atoms with van der Waals surface area (Å²) in [5.74, 6) is 1.53. The first-order chi connectivity index (χ1) is 8.61. The number of aryl methyl sites for hydroxylation is 1. The summed E-state index contributed by atoms with van der Waals surface area (Å²) in [5.41, 5.74) is 7.85. The van der Waals surface area contributed by atoms with Crippen LogP contribution < -0.4 is 10.5 Å². The van der Waals surface area contributed by atoms with E-state index in [9.17, 15) is 0 Å². The first-order valence-corrected chi connectivity index (χ1v) is 6.19. The minimum absolute atomic E-state index is 0.158. The van der Waals surface area contributed by atoms with Gasteiger partial charge in [0.05, 0.1) is 12.4 Å². The highest BCUT2D eigenvalue weighted by Crippen LogP contribution is 2.27. The Bertz CT molecular complexity index is 532. The molecule has 1 aromatic heterocycles. The molecule has 2 aromatic rings. The minimum Gasteiger partial charge on any atom is -0.491 e. The van der Waals surface area contributed by atoms with E-state index in [1.54, 1.807) is 6.33 Å². The molecule has 1 heterocycles. The summed E-state index contributed by atoms with van der Waals surface area (Å²) in [7, 11) is 0. The van der Waals surface area contributed by atoms with Gasteiger partial charge in [-0.3, -0.25) is 0 Å². The van der Waals surface area contributed by atoms with Crippen LogP contribution in [0.5, 0.6) is 5.75 Å². The maximum atomic E-state index is 6.06. The molecule has 0 bridgehead atoms. The van der Waals surface area contributed by atoms with Gasteiger partial charge in [-0.2, -0.15) is 0 Å². The van der Waals surface area contributed by atoms with Crippen LogP contribution in [0.4, 0.5) is 5.82 Å². The molecule has 4 nitrogen and oxygen atoms in total. The Labute approximate surface area is 107 Å². The smallest absolute Gasteiger partial charge is 0.131 e. The SMILES string of the molecule is CCn1cnc(-c2cccc(OC(C)C)c2)c1N. The van der Waals surface area contributed by atoms with E-state index in [1.165, 1.54) is 0 Å². The molecule has 0 aliphatic carbocycles. The molecule has 2 rings (SSSR count). The quantitative estimate of drug-likeness (QED) is 0.901. The lowest BCUT2D eigenvalue weighted by Crippen LogP contribution is -2.05. The van der Waals surface area contributed by atoms with E-state index in [2.05, 4.69) is 4.98 Å². The molecule has 0 aliphatic rings. The summed E-state index contributed by atoms with van der Waals surface area (Å²) in [4.78, 5) is 4.36. The van der Waals surface area contributed by atoms with Crippen LogP contribution in [0.2, 0.25) is 0 Å². The highest BCUT2D eigenvalue weighted by molar-refractivity contribution is 5.71. The molecule has 0 aliphatic heterocycles. The van der Waals surface area contributed by atoms with Crippen LogP contribution in [0.25, 0.3) is 11.3 Å². The highest BCUT2D eigenvalue weighted by Gasteiger charge is 2.10. The second-order valence-electron chi connectivity index (χ2n) is 4.46. The first-order valence-electron chi connectivity index (χ1n) is 6.19. The van der Waals surface area contributed by atoms with Gasteiger partial charge >= 0.3 is 0 Å². The summed E-state index contributed by atoms with van der Waals surface area (Å²) in [6, 6.07) is 7.86. The van der Waals surface area contributed by atoms with E-state index < -0.39 is 0 Å². The lowest BCUT2D eigenvalue weighted by Gasteiger charge is -2.10. The molecule has 0 unspecified atom stereocenters. The molecule has 0 saturated carbocycles. The maximum absolute atomic E-state index is 6.06. The van der Waals surface area contributed by atoms with Crippen molar-refractivity contribution in [1.82, 2.24) is 9.55 Å². The molecule has 1 aromatic carbocycles. The normalized spacial score (nSPS) is 10.9. The fourth-order valence-electron chi connectivity index (χ4n) is 1.86. The number of anilines is 1. The van der Waals surface area contributed by atoms with Gasteiger partial charge in [0.25, 0.3) is 0 Å². The number of rotatable bonds is 4. The highest BCUT2D eigenvalue weighted by atomic mass is 16.5. The zero-order chi connectivity index (χ0) is 13.1. The van der Waals surface area contributed by atoms with Gasteiger partial charge in [-0.15, -0.1) is 0 Å². The number of nitrogens with zero attached hydrogens (tertiary/aromatic N) is 2. The van der Waals surface area contributed by atoms with Crippen molar-refractivity contribution in [2.45, 2.75) is 33.4 Å². The van der Waals surface area contributed by atoms with Crippen LogP contribution in [0.3, 0.4) is 0 Å². The van der Waals surface area contributed by atoms with Gasteiger partial charge in [-0.05, 0) is 32.9 Å². The zero-order valence-corrected chi connectivity index (χ0v) is 11.1. The molecule has 96 valence electrons. The topological polar surface area (TPSA) is 53.1 Å². The van der Waals surface area contributed by atoms with Gasteiger partial charge in [-0.1, -0.05) is 12.1 Å². The number of nitrogen functional groups attached to an aromatic ring is 1. The fourth-order valence-corrected chi connectivity index (χ4v) is 1.86. The summed E-state index contributed by atoms with van der Waals surface area (Å²) in [6.45, 7) is 6.88. The largest absolute Gasteiger partial charge is 0.491 e. The van der Waals surface area contributed by atoms with Crippen molar-refractivity contribution in [2.75, 3.05) is 5.73 Å². The van der Waals surface area contributed by atoms with Gasteiger partial charge in [0.1, 0.15) is 17.3 Å². The average Bonchev–Trinajstić information content (AvgIpc) is 2.70. The van der Waals surface area contributed by atoms with Gasteiger partial charge in [0, 0.05) is 12.1 Å². The molecule has 0 atom stereocenters. The molecule has 0 spiro atoms. The fraction of sp³-hybridized carbons (Fsp3) is 0.357. The van der Waals surface area contributed by atoms with E-state index in [4.69, 9.17) is 10.5 Å². The second-order valence-corrected chi connectivity index (χ2v) is 4.46. The molecule has 0 fully saturated rings. The lowest BCUT2D eigenvalue weighted by molar-refractivity contribution is 0.242. The molecule has 0 amide bonds. The maximum Gasteiger partial charge on any atom is 0.131 e. The van der Waals surface area contributed by atoms with Crippen LogP contribution in [0, 0.1) is 0 Å².